The molecular formula is C18H16ClFN4OS. The van der Waals surface area contributed by atoms with Gasteiger partial charge < -0.3 is 5.32 Å². The van der Waals surface area contributed by atoms with Crippen molar-refractivity contribution < 1.29 is 9.18 Å². The monoisotopic (exact) mass is 390 g/mol. The molecule has 1 aromatic heterocycles. The zero-order chi connectivity index (χ0) is 18.7. The number of aromatic nitrogens is 3. The van der Waals surface area contributed by atoms with Gasteiger partial charge in [-0.2, -0.15) is 0 Å². The third-order valence-electron chi connectivity index (χ3n) is 3.63. The van der Waals surface area contributed by atoms with Crippen molar-refractivity contribution in [1.29, 1.82) is 0 Å². The highest BCUT2D eigenvalue weighted by atomic mass is 35.5. The number of rotatable bonds is 5. The Labute approximate surface area is 159 Å². The average Bonchev–Trinajstić information content (AvgIpc) is 3.07. The second-order valence-electron chi connectivity index (χ2n) is 5.71. The maximum Gasteiger partial charge on any atom is 0.237 e. The molecule has 0 radical (unpaired) electrons. The first kappa shape index (κ1) is 18.4. The summed E-state index contributed by atoms with van der Waals surface area (Å²) >= 11 is 6.95. The minimum atomic E-state index is -0.531. The Hall–Kier alpha value is -2.38. The van der Waals surface area contributed by atoms with E-state index < -0.39 is 11.1 Å². The molecule has 0 unspecified atom stereocenters. The number of H-pyrrole nitrogens is 1. The number of benzene rings is 2. The number of carbonyl (C=O) groups is 1. The summed E-state index contributed by atoms with van der Waals surface area (Å²) in [5, 5.41) is 9.71. The maximum atomic E-state index is 13.2. The molecule has 2 N–H and O–H groups in total. The van der Waals surface area contributed by atoms with Crippen molar-refractivity contribution in [2.75, 3.05) is 5.32 Å². The van der Waals surface area contributed by atoms with E-state index in [1.165, 1.54) is 30.0 Å². The fraction of sp³-hybridized carbons (Fsp3) is 0.167. The molecule has 0 spiro atoms. The summed E-state index contributed by atoms with van der Waals surface area (Å²) in [7, 11) is 0. The Morgan fingerprint density at radius 1 is 1.27 bits per heavy atom. The first-order valence-electron chi connectivity index (χ1n) is 7.84. The predicted octanol–water partition coefficient (Wildman–Crippen LogP) is 4.69. The summed E-state index contributed by atoms with van der Waals surface area (Å²) in [6.45, 7) is 3.76. The van der Waals surface area contributed by atoms with Crippen molar-refractivity contribution >= 4 is 35.0 Å². The van der Waals surface area contributed by atoms with E-state index in [2.05, 4.69) is 20.5 Å². The molecule has 0 aliphatic heterocycles. The number of anilines is 1. The standard InChI is InChI=1S/C18H16ClFN4OS/c1-10-3-5-12(6-4-10)16-22-18(24-23-16)26-11(2)17(25)21-13-7-8-15(20)14(19)9-13/h3-9,11H,1-2H3,(H,21,25)(H,22,23,24)/t11-/m0/s1. The number of aryl methyl sites for hydroxylation is 1. The highest BCUT2D eigenvalue weighted by molar-refractivity contribution is 8.00. The van der Waals surface area contributed by atoms with E-state index in [4.69, 9.17) is 11.6 Å². The fourth-order valence-electron chi connectivity index (χ4n) is 2.17. The summed E-state index contributed by atoms with van der Waals surface area (Å²) in [4.78, 5) is 16.7. The summed E-state index contributed by atoms with van der Waals surface area (Å²) in [6, 6.07) is 11.9. The number of amides is 1. The van der Waals surface area contributed by atoms with Gasteiger partial charge >= 0.3 is 0 Å². The number of hydrogen-bond donors (Lipinski definition) is 2. The van der Waals surface area contributed by atoms with Gasteiger partial charge in [0.15, 0.2) is 5.82 Å². The minimum Gasteiger partial charge on any atom is -0.325 e. The lowest BCUT2D eigenvalue weighted by atomic mass is 10.1. The number of halogens is 2. The molecule has 0 saturated heterocycles. The van der Waals surface area contributed by atoms with E-state index >= 15 is 0 Å². The summed E-state index contributed by atoms with van der Waals surface area (Å²) in [5.41, 5.74) is 2.52. The molecule has 2 aromatic carbocycles. The second kappa shape index (κ2) is 7.88. The summed E-state index contributed by atoms with van der Waals surface area (Å²) in [6.07, 6.45) is 0. The molecule has 1 atom stereocenters. The Balaban J connectivity index is 1.64. The van der Waals surface area contributed by atoms with Crippen LogP contribution in [-0.2, 0) is 4.79 Å². The molecular weight excluding hydrogens is 375 g/mol. The van der Waals surface area contributed by atoms with E-state index in [-0.39, 0.29) is 10.9 Å². The van der Waals surface area contributed by atoms with Crippen LogP contribution in [0, 0.1) is 12.7 Å². The zero-order valence-electron chi connectivity index (χ0n) is 14.1. The molecule has 0 fully saturated rings. The normalized spacial score (nSPS) is 12.0. The molecule has 0 aliphatic carbocycles. The van der Waals surface area contributed by atoms with Gasteiger partial charge in [-0.15, -0.1) is 5.10 Å². The van der Waals surface area contributed by atoms with Crippen molar-refractivity contribution in [1.82, 2.24) is 15.2 Å². The third-order valence-corrected chi connectivity index (χ3v) is 4.88. The van der Waals surface area contributed by atoms with Crippen LogP contribution in [0.25, 0.3) is 11.4 Å². The Morgan fingerprint density at radius 2 is 2.00 bits per heavy atom. The van der Waals surface area contributed by atoms with Crippen LogP contribution in [0.15, 0.2) is 47.6 Å². The van der Waals surface area contributed by atoms with E-state index in [0.717, 1.165) is 11.1 Å². The smallest absolute Gasteiger partial charge is 0.237 e. The Morgan fingerprint density at radius 3 is 2.69 bits per heavy atom. The summed E-state index contributed by atoms with van der Waals surface area (Å²) < 4.78 is 13.2. The van der Waals surface area contributed by atoms with Gasteiger partial charge in [0.1, 0.15) is 5.82 Å². The van der Waals surface area contributed by atoms with Crippen LogP contribution in [0.2, 0.25) is 5.02 Å². The molecule has 0 aliphatic rings. The van der Waals surface area contributed by atoms with Crippen LogP contribution in [-0.4, -0.2) is 26.3 Å². The van der Waals surface area contributed by atoms with Gasteiger partial charge in [-0.1, -0.05) is 53.2 Å². The number of nitrogens with one attached hydrogen (secondary N) is 2. The SMILES string of the molecule is Cc1ccc(-c2nc(S[C@@H](C)C(=O)Nc3ccc(F)c(Cl)c3)n[nH]2)cc1. The molecule has 1 amide bonds. The van der Waals surface area contributed by atoms with E-state index in [1.54, 1.807) is 6.92 Å². The number of hydrogen-bond acceptors (Lipinski definition) is 4. The minimum absolute atomic E-state index is 0.0418. The lowest BCUT2D eigenvalue weighted by Crippen LogP contribution is -2.22. The zero-order valence-corrected chi connectivity index (χ0v) is 15.7. The van der Waals surface area contributed by atoms with Gasteiger partial charge in [0, 0.05) is 11.3 Å². The van der Waals surface area contributed by atoms with Gasteiger partial charge in [-0.25, -0.2) is 9.37 Å². The quantitative estimate of drug-likeness (QED) is 0.620. The molecule has 0 saturated carbocycles. The summed E-state index contributed by atoms with van der Waals surface area (Å²) in [5.74, 6) is -0.138. The van der Waals surface area contributed by atoms with Crippen LogP contribution >= 0.6 is 23.4 Å². The van der Waals surface area contributed by atoms with Crippen LogP contribution in [0.5, 0.6) is 0 Å². The van der Waals surface area contributed by atoms with Gasteiger partial charge in [0.2, 0.25) is 11.1 Å². The third kappa shape index (κ3) is 4.42. The van der Waals surface area contributed by atoms with Crippen molar-refractivity contribution in [3.8, 4) is 11.4 Å². The molecule has 26 heavy (non-hydrogen) atoms. The first-order chi connectivity index (χ1) is 12.4. The molecule has 3 rings (SSSR count). The largest absolute Gasteiger partial charge is 0.325 e. The van der Waals surface area contributed by atoms with Crippen molar-refractivity contribution in [2.24, 2.45) is 0 Å². The van der Waals surface area contributed by atoms with Crippen LogP contribution in [0.4, 0.5) is 10.1 Å². The topological polar surface area (TPSA) is 70.7 Å². The van der Waals surface area contributed by atoms with Gasteiger partial charge in [-0.3, -0.25) is 9.89 Å². The lowest BCUT2D eigenvalue weighted by molar-refractivity contribution is -0.115. The number of aromatic amines is 1. The van der Waals surface area contributed by atoms with Crippen molar-refractivity contribution in [2.45, 2.75) is 24.3 Å². The fourth-order valence-corrected chi connectivity index (χ4v) is 3.07. The highest BCUT2D eigenvalue weighted by Gasteiger charge is 2.18. The van der Waals surface area contributed by atoms with Crippen LogP contribution in [0.3, 0.4) is 0 Å². The van der Waals surface area contributed by atoms with Crippen LogP contribution in [0.1, 0.15) is 12.5 Å². The predicted molar refractivity (Wildman–Crippen MR) is 102 cm³/mol. The molecule has 3 aromatic rings. The molecule has 1 heterocycles. The second-order valence-corrected chi connectivity index (χ2v) is 7.43. The van der Waals surface area contributed by atoms with Gasteiger partial charge in [0.05, 0.1) is 10.3 Å². The van der Waals surface area contributed by atoms with E-state index in [0.29, 0.717) is 16.7 Å². The Kier molecular flexibility index (Phi) is 5.58. The first-order valence-corrected chi connectivity index (χ1v) is 9.10. The maximum absolute atomic E-state index is 13.2. The number of thioether (sulfide) groups is 1. The number of carbonyl (C=O) groups excluding carboxylic acids is 1. The van der Waals surface area contributed by atoms with E-state index in [1.807, 2.05) is 31.2 Å². The van der Waals surface area contributed by atoms with Gasteiger partial charge in [-0.05, 0) is 32.0 Å². The van der Waals surface area contributed by atoms with Crippen LogP contribution < -0.4 is 5.32 Å². The lowest BCUT2D eigenvalue weighted by Gasteiger charge is -2.10. The molecule has 5 nitrogen and oxygen atoms in total. The highest BCUT2D eigenvalue weighted by Crippen LogP contribution is 2.25. The molecule has 134 valence electrons. The van der Waals surface area contributed by atoms with E-state index in [9.17, 15) is 9.18 Å². The van der Waals surface area contributed by atoms with Crippen molar-refractivity contribution in [3.05, 3.63) is 58.9 Å². The number of nitrogens with zero attached hydrogens (tertiary/aromatic N) is 2. The molecule has 0 bridgehead atoms. The molecule has 8 heteroatoms. The van der Waals surface area contributed by atoms with Crippen molar-refractivity contribution in [3.63, 3.8) is 0 Å². The van der Waals surface area contributed by atoms with Gasteiger partial charge in [0.25, 0.3) is 0 Å². The Bertz CT molecular complexity index is 929. The average molecular weight is 391 g/mol.